The van der Waals surface area contributed by atoms with Crippen LogP contribution in [-0.2, 0) is 0 Å². The molecule has 0 aromatic heterocycles. The van der Waals surface area contributed by atoms with Crippen LogP contribution in [0.3, 0.4) is 0 Å². The number of benzene rings is 2. The monoisotopic (exact) mass is 279 g/mol. The van der Waals surface area contributed by atoms with E-state index in [1.54, 1.807) is 19.1 Å². The van der Waals surface area contributed by atoms with Crippen molar-refractivity contribution in [3.63, 3.8) is 0 Å². The zero-order chi connectivity index (χ0) is 14.9. The van der Waals surface area contributed by atoms with E-state index in [9.17, 15) is 18.0 Å². The first kappa shape index (κ1) is 14.1. The van der Waals surface area contributed by atoms with Gasteiger partial charge in [0.25, 0.3) is 0 Å². The average Bonchev–Trinajstić information content (AvgIpc) is 2.41. The molecule has 0 fully saturated rings. The van der Waals surface area contributed by atoms with Crippen molar-refractivity contribution in [1.29, 1.82) is 0 Å². The molecule has 0 bridgehead atoms. The second kappa shape index (κ2) is 5.36. The molecule has 0 radical (unpaired) electrons. The molecule has 0 spiro atoms. The summed E-state index contributed by atoms with van der Waals surface area (Å²) in [6.45, 7) is 3.68. The van der Waals surface area contributed by atoms with Crippen molar-refractivity contribution in [3.05, 3.63) is 58.4 Å². The first-order valence-electron chi connectivity index (χ1n) is 5.91. The zero-order valence-corrected chi connectivity index (χ0v) is 10.9. The molecule has 0 unspecified atom stereocenters. The summed E-state index contributed by atoms with van der Waals surface area (Å²) in [5, 5.41) is 2.64. The van der Waals surface area contributed by atoms with Crippen molar-refractivity contribution in [3.8, 4) is 0 Å². The average molecular weight is 279 g/mol. The number of aldehydes is 1. The minimum absolute atomic E-state index is 0.275. The van der Waals surface area contributed by atoms with Crippen molar-refractivity contribution in [1.82, 2.24) is 0 Å². The fourth-order valence-corrected chi connectivity index (χ4v) is 1.92. The zero-order valence-electron chi connectivity index (χ0n) is 10.9. The van der Waals surface area contributed by atoms with Gasteiger partial charge in [0.05, 0.1) is 5.69 Å². The number of carbonyl (C=O) groups excluding carboxylic acids is 1. The largest absolute Gasteiger partial charge is 0.352 e. The van der Waals surface area contributed by atoms with Crippen LogP contribution in [0.25, 0.3) is 0 Å². The Morgan fingerprint density at radius 1 is 1.05 bits per heavy atom. The van der Waals surface area contributed by atoms with E-state index in [0.29, 0.717) is 11.8 Å². The maximum atomic E-state index is 13.8. The molecule has 0 atom stereocenters. The lowest BCUT2D eigenvalue weighted by atomic mass is 10.1. The van der Waals surface area contributed by atoms with Gasteiger partial charge in [-0.2, -0.15) is 0 Å². The molecular formula is C15H12F3NO. The molecule has 0 amide bonds. The van der Waals surface area contributed by atoms with Crippen molar-refractivity contribution in [2.24, 2.45) is 0 Å². The fourth-order valence-electron chi connectivity index (χ4n) is 1.92. The standard InChI is InChI=1S/C15H12F3NO/c1-8-3-4-12(9(2)5-8)19-15-10(7-20)6-11(16)13(17)14(15)18/h3-7,19H,1-2H3. The second-order valence-corrected chi connectivity index (χ2v) is 4.51. The molecule has 1 N–H and O–H groups in total. The summed E-state index contributed by atoms with van der Waals surface area (Å²) in [4.78, 5) is 10.9. The number of hydrogen-bond acceptors (Lipinski definition) is 2. The Kier molecular flexibility index (Phi) is 3.79. The van der Waals surface area contributed by atoms with Crippen LogP contribution in [0.4, 0.5) is 24.5 Å². The number of rotatable bonds is 3. The van der Waals surface area contributed by atoms with Crippen LogP contribution >= 0.6 is 0 Å². The first-order valence-corrected chi connectivity index (χ1v) is 5.91. The molecule has 0 aliphatic rings. The van der Waals surface area contributed by atoms with E-state index in [-0.39, 0.29) is 17.5 Å². The molecule has 0 saturated heterocycles. The van der Waals surface area contributed by atoms with Gasteiger partial charge in [-0.1, -0.05) is 17.7 Å². The highest BCUT2D eigenvalue weighted by Gasteiger charge is 2.19. The number of nitrogens with one attached hydrogen (secondary N) is 1. The highest BCUT2D eigenvalue weighted by molar-refractivity contribution is 5.86. The summed E-state index contributed by atoms with van der Waals surface area (Å²) in [7, 11) is 0. The Balaban J connectivity index is 2.53. The Bertz CT molecular complexity index is 683. The molecule has 0 aliphatic heterocycles. The molecule has 104 valence electrons. The van der Waals surface area contributed by atoms with E-state index in [1.807, 2.05) is 13.0 Å². The molecule has 2 aromatic rings. The number of aryl methyl sites for hydroxylation is 2. The minimum atomic E-state index is -1.61. The van der Waals surface area contributed by atoms with Gasteiger partial charge in [0.15, 0.2) is 23.7 Å². The molecule has 2 rings (SSSR count). The molecular weight excluding hydrogens is 267 g/mol. The van der Waals surface area contributed by atoms with Crippen LogP contribution in [0.15, 0.2) is 24.3 Å². The van der Waals surface area contributed by atoms with Crippen LogP contribution in [-0.4, -0.2) is 6.29 Å². The molecule has 20 heavy (non-hydrogen) atoms. The van der Waals surface area contributed by atoms with Gasteiger partial charge >= 0.3 is 0 Å². The van der Waals surface area contributed by atoms with Gasteiger partial charge in [-0.15, -0.1) is 0 Å². The summed E-state index contributed by atoms with van der Waals surface area (Å²) in [6.07, 6.45) is 0.275. The summed E-state index contributed by atoms with van der Waals surface area (Å²) in [6, 6.07) is 5.98. The van der Waals surface area contributed by atoms with Gasteiger partial charge in [-0.05, 0) is 31.5 Å². The fraction of sp³-hybridized carbons (Fsp3) is 0.133. The molecule has 5 heteroatoms. The summed E-state index contributed by atoms with van der Waals surface area (Å²) in [5.41, 5.74) is 1.68. The van der Waals surface area contributed by atoms with Gasteiger partial charge in [0, 0.05) is 11.3 Å². The minimum Gasteiger partial charge on any atom is -0.352 e. The summed E-state index contributed by atoms with van der Waals surface area (Å²) >= 11 is 0. The number of carbonyl (C=O) groups is 1. The van der Waals surface area contributed by atoms with Crippen molar-refractivity contribution < 1.29 is 18.0 Å². The highest BCUT2D eigenvalue weighted by atomic mass is 19.2. The smallest absolute Gasteiger partial charge is 0.196 e. The molecule has 2 aromatic carbocycles. The van der Waals surface area contributed by atoms with Gasteiger partial charge in [0.1, 0.15) is 0 Å². The lowest BCUT2D eigenvalue weighted by Crippen LogP contribution is -2.04. The Labute approximate surface area is 114 Å². The maximum Gasteiger partial charge on any atom is 0.196 e. The Hall–Kier alpha value is -2.30. The van der Waals surface area contributed by atoms with Crippen LogP contribution in [0, 0.1) is 31.3 Å². The predicted octanol–water partition coefficient (Wildman–Crippen LogP) is 4.28. The van der Waals surface area contributed by atoms with E-state index >= 15 is 0 Å². The molecule has 2 nitrogen and oxygen atoms in total. The van der Waals surface area contributed by atoms with Crippen LogP contribution in [0.1, 0.15) is 21.5 Å². The Morgan fingerprint density at radius 3 is 2.35 bits per heavy atom. The van der Waals surface area contributed by atoms with Crippen molar-refractivity contribution in [2.75, 3.05) is 5.32 Å². The molecule has 0 heterocycles. The summed E-state index contributed by atoms with van der Waals surface area (Å²) in [5.74, 6) is -4.41. The van der Waals surface area contributed by atoms with E-state index < -0.39 is 17.5 Å². The SMILES string of the molecule is Cc1ccc(Nc2c(C=O)cc(F)c(F)c2F)c(C)c1. The van der Waals surface area contributed by atoms with Crippen molar-refractivity contribution >= 4 is 17.7 Å². The summed E-state index contributed by atoms with van der Waals surface area (Å²) < 4.78 is 40.1. The first-order chi connectivity index (χ1) is 9.43. The van der Waals surface area contributed by atoms with E-state index in [0.717, 1.165) is 11.1 Å². The van der Waals surface area contributed by atoms with Gasteiger partial charge < -0.3 is 5.32 Å². The van der Waals surface area contributed by atoms with Crippen molar-refractivity contribution in [2.45, 2.75) is 13.8 Å². The van der Waals surface area contributed by atoms with E-state index in [1.165, 1.54) is 0 Å². The van der Waals surface area contributed by atoms with Gasteiger partial charge in [-0.3, -0.25) is 4.79 Å². The third kappa shape index (κ3) is 2.52. The Morgan fingerprint density at radius 2 is 1.75 bits per heavy atom. The molecule has 0 saturated carbocycles. The lowest BCUT2D eigenvalue weighted by molar-refractivity contribution is 0.112. The molecule has 0 aliphatic carbocycles. The quantitative estimate of drug-likeness (QED) is 0.671. The normalized spacial score (nSPS) is 10.4. The van der Waals surface area contributed by atoms with E-state index in [4.69, 9.17) is 0 Å². The lowest BCUT2D eigenvalue weighted by Gasteiger charge is -2.13. The third-order valence-electron chi connectivity index (χ3n) is 2.96. The van der Waals surface area contributed by atoms with Gasteiger partial charge in [-0.25, -0.2) is 13.2 Å². The third-order valence-corrected chi connectivity index (χ3v) is 2.96. The highest BCUT2D eigenvalue weighted by Crippen LogP contribution is 2.28. The van der Waals surface area contributed by atoms with Crippen LogP contribution in [0.5, 0.6) is 0 Å². The van der Waals surface area contributed by atoms with Crippen LogP contribution in [0.2, 0.25) is 0 Å². The number of halogens is 3. The van der Waals surface area contributed by atoms with E-state index in [2.05, 4.69) is 5.32 Å². The maximum absolute atomic E-state index is 13.8. The van der Waals surface area contributed by atoms with Gasteiger partial charge in [0.2, 0.25) is 0 Å². The second-order valence-electron chi connectivity index (χ2n) is 4.51. The number of hydrogen-bond donors (Lipinski definition) is 1. The topological polar surface area (TPSA) is 29.1 Å². The number of anilines is 2. The van der Waals surface area contributed by atoms with Crippen LogP contribution < -0.4 is 5.32 Å². The predicted molar refractivity (Wildman–Crippen MR) is 70.9 cm³/mol.